The van der Waals surface area contributed by atoms with Gasteiger partial charge in [0.2, 0.25) is 0 Å². The molecule has 0 bridgehead atoms. The molecule has 0 aliphatic carbocycles. The maximum absolute atomic E-state index is 12.2. The number of ether oxygens (including phenoxy) is 1. The Morgan fingerprint density at radius 3 is 2.60 bits per heavy atom. The number of rotatable bonds is 5. The van der Waals surface area contributed by atoms with Gasteiger partial charge in [0.25, 0.3) is 5.56 Å². The lowest BCUT2D eigenvalue weighted by Gasteiger charge is -2.23. The Kier molecular flexibility index (Phi) is 4.79. The largest absolute Gasteiger partial charge is 0.497 e. The van der Waals surface area contributed by atoms with Gasteiger partial charge in [0, 0.05) is 30.4 Å². The molecule has 6 nitrogen and oxygen atoms in total. The van der Waals surface area contributed by atoms with E-state index in [1.54, 1.807) is 7.11 Å². The van der Waals surface area contributed by atoms with Crippen LogP contribution in [0, 0.1) is 0 Å². The van der Waals surface area contributed by atoms with Gasteiger partial charge < -0.3 is 19.7 Å². The summed E-state index contributed by atoms with van der Waals surface area (Å²) < 4.78 is 5.36. The first-order valence-corrected chi connectivity index (χ1v) is 8.48. The predicted molar refractivity (Wildman–Crippen MR) is 96.8 cm³/mol. The highest BCUT2D eigenvalue weighted by atomic mass is 16.5. The summed E-state index contributed by atoms with van der Waals surface area (Å²) in [6.07, 6.45) is 2.88. The molecule has 132 valence electrons. The minimum absolute atomic E-state index is 0.225. The van der Waals surface area contributed by atoms with Gasteiger partial charge in [-0.15, -0.1) is 0 Å². The van der Waals surface area contributed by atoms with Crippen LogP contribution in [0.25, 0.3) is 11.3 Å². The molecule has 0 unspecified atom stereocenters. The molecule has 0 spiro atoms. The topological polar surface area (TPSA) is 82.6 Å². The van der Waals surface area contributed by atoms with Gasteiger partial charge in [-0.1, -0.05) is 6.92 Å². The number of aromatic nitrogens is 1. The van der Waals surface area contributed by atoms with E-state index < -0.39 is 11.5 Å². The van der Waals surface area contributed by atoms with Gasteiger partial charge in [-0.2, -0.15) is 0 Å². The van der Waals surface area contributed by atoms with Gasteiger partial charge in [-0.05, 0) is 43.0 Å². The standard InChI is InChI=1S/C19H22N2O4/c1-3-12-10-15(19(23)24)18(22)20-17(12)14-7-6-13(25-2)11-16(14)21-8-4-5-9-21/h6-7,10-11H,3-5,8-9H2,1-2H3,(H,20,22)(H,23,24). The Bertz CT molecular complexity index is 851. The molecule has 1 aromatic heterocycles. The number of aromatic amines is 1. The number of pyridine rings is 1. The summed E-state index contributed by atoms with van der Waals surface area (Å²) in [7, 11) is 1.63. The number of anilines is 1. The molecule has 0 saturated carbocycles. The zero-order valence-electron chi connectivity index (χ0n) is 14.5. The normalized spacial score (nSPS) is 13.9. The van der Waals surface area contributed by atoms with E-state index in [1.807, 2.05) is 25.1 Å². The molecular formula is C19H22N2O4. The van der Waals surface area contributed by atoms with E-state index >= 15 is 0 Å². The second kappa shape index (κ2) is 7.01. The van der Waals surface area contributed by atoms with E-state index in [0.29, 0.717) is 12.1 Å². The molecule has 1 saturated heterocycles. The fourth-order valence-corrected chi connectivity index (χ4v) is 3.32. The number of H-pyrrole nitrogens is 1. The fraction of sp³-hybridized carbons (Fsp3) is 0.368. The molecule has 2 N–H and O–H groups in total. The number of carboxylic acids is 1. The summed E-state index contributed by atoms with van der Waals surface area (Å²) in [5, 5.41) is 9.20. The maximum atomic E-state index is 12.2. The SMILES string of the molecule is CCc1cc(C(=O)O)c(=O)[nH]c1-c1ccc(OC)cc1N1CCCC1. The quantitative estimate of drug-likeness (QED) is 0.873. The Morgan fingerprint density at radius 2 is 2.00 bits per heavy atom. The van der Waals surface area contributed by atoms with Gasteiger partial charge in [-0.25, -0.2) is 4.79 Å². The number of carbonyl (C=O) groups is 1. The number of aryl methyl sites for hydroxylation is 1. The van der Waals surface area contributed by atoms with Crippen LogP contribution in [0.2, 0.25) is 0 Å². The zero-order valence-corrected chi connectivity index (χ0v) is 14.5. The lowest BCUT2D eigenvalue weighted by Crippen LogP contribution is -2.21. The van der Waals surface area contributed by atoms with Crippen LogP contribution in [0.15, 0.2) is 29.1 Å². The second-order valence-corrected chi connectivity index (χ2v) is 6.15. The van der Waals surface area contributed by atoms with E-state index in [-0.39, 0.29) is 5.56 Å². The predicted octanol–water partition coefficient (Wildman–Crippen LogP) is 2.91. The van der Waals surface area contributed by atoms with Gasteiger partial charge >= 0.3 is 5.97 Å². The molecule has 2 heterocycles. The summed E-state index contributed by atoms with van der Waals surface area (Å²) >= 11 is 0. The van der Waals surface area contributed by atoms with Crippen molar-refractivity contribution >= 4 is 11.7 Å². The second-order valence-electron chi connectivity index (χ2n) is 6.15. The number of aromatic carboxylic acids is 1. The van der Waals surface area contributed by atoms with Crippen LogP contribution in [0.4, 0.5) is 5.69 Å². The van der Waals surface area contributed by atoms with Crippen molar-refractivity contribution in [1.29, 1.82) is 0 Å². The molecule has 1 aliphatic heterocycles. The van der Waals surface area contributed by atoms with E-state index in [1.165, 1.54) is 6.07 Å². The van der Waals surface area contributed by atoms with Crippen LogP contribution >= 0.6 is 0 Å². The highest BCUT2D eigenvalue weighted by Crippen LogP contribution is 2.36. The summed E-state index contributed by atoms with van der Waals surface area (Å²) in [6.45, 7) is 3.86. The van der Waals surface area contributed by atoms with Crippen molar-refractivity contribution in [3.8, 4) is 17.0 Å². The number of hydrogen-bond acceptors (Lipinski definition) is 4. The monoisotopic (exact) mass is 342 g/mol. The van der Waals surface area contributed by atoms with E-state index in [4.69, 9.17) is 4.74 Å². The minimum Gasteiger partial charge on any atom is -0.497 e. The Labute approximate surface area is 146 Å². The van der Waals surface area contributed by atoms with E-state index in [0.717, 1.165) is 48.5 Å². The van der Waals surface area contributed by atoms with Crippen molar-refractivity contribution in [3.05, 3.63) is 45.7 Å². The molecule has 0 amide bonds. The van der Waals surface area contributed by atoms with E-state index in [9.17, 15) is 14.7 Å². The molecule has 6 heteroatoms. The average molecular weight is 342 g/mol. The number of nitrogens with one attached hydrogen (secondary N) is 1. The number of hydrogen-bond donors (Lipinski definition) is 2. The third kappa shape index (κ3) is 3.24. The van der Waals surface area contributed by atoms with Crippen molar-refractivity contribution in [2.75, 3.05) is 25.1 Å². The third-order valence-electron chi connectivity index (χ3n) is 4.66. The first kappa shape index (κ1) is 17.1. The first-order chi connectivity index (χ1) is 12.0. The summed E-state index contributed by atoms with van der Waals surface area (Å²) in [4.78, 5) is 28.5. The van der Waals surface area contributed by atoms with Crippen LogP contribution in [-0.2, 0) is 6.42 Å². The Hall–Kier alpha value is -2.76. The van der Waals surface area contributed by atoms with Crippen LogP contribution < -0.4 is 15.2 Å². The molecule has 1 aromatic carbocycles. The third-order valence-corrected chi connectivity index (χ3v) is 4.66. The van der Waals surface area contributed by atoms with Gasteiger partial charge in [0.15, 0.2) is 0 Å². The molecule has 1 aliphatic rings. The zero-order chi connectivity index (χ0) is 18.0. The van der Waals surface area contributed by atoms with Crippen molar-refractivity contribution in [3.63, 3.8) is 0 Å². The first-order valence-electron chi connectivity index (χ1n) is 8.48. The summed E-state index contributed by atoms with van der Waals surface area (Å²) in [5.74, 6) is -0.454. The molecule has 3 rings (SSSR count). The highest BCUT2D eigenvalue weighted by molar-refractivity contribution is 5.89. The van der Waals surface area contributed by atoms with Crippen molar-refractivity contribution < 1.29 is 14.6 Å². The van der Waals surface area contributed by atoms with Crippen molar-refractivity contribution in [2.45, 2.75) is 26.2 Å². The van der Waals surface area contributed by atoms with Gasteiger partial charge in [0.1, 0.15) is 11.3 Å². The average Bonchev–Trinajstić information content (AvgIpc) is 3.15. The van der Waals surface area contributed by atoms with Crippen LogP contribution in [-0.4, -0.2) is 36.3 Å². The fourth-order valence-electron chi connectivity index (χ4n) is 3.32. The number of nitrogens with zero attached hydrogens (tertiary/aromatic N) is 1. The molecule has 1 fully saturated rings. The number of methoxy groups -OCH3 is 1. The number of benzene rings is 1. The lowest BCUT2D eigenvalue weighted by molar-refractivity contribution is 0.0695. The minimum atomic E-state index is -1.21. The molecule has 0 radical (unpaired) electrons. The molecule has 25 heavy (non-hydrogen) atoms. The molecule has 2 aromatic rings. The molecule has 0 atom stereocenters. The summed E-state index contributed by atoms with van der Waals surface area (Å²) in [5.41, 5.74) is 2.59. The number of carboxylic acid groups (broad SMARTS) is 1. The van der Waals surface area contributed by atoms with Gasteiger partial charge in [0.05, 0.1) is 12.8 Å². The van der Waals surface area contributed by atoms with Crippen LogP contribution in [0.1, 0.15) is 35.7 Å². The van der Waals surface area contributed by atoms with Gasteiger partial charge in [-0.3, -0.25) is 4.79 Å². The van der Waals surface area contributed by atoms with Crippen LogP contribution in [0.3, 0.4) is 0 Å². The van der Waals surface area contributed by atoms with E-state index in [2.05, 4.69) is 9.88 Å². The highest BCUT2D eigenvalue weighted by Gasteiger charge is 2.21. The lowest BCUT2D eigenvalue weighted by atomic mass is 10.00. The maximum Gasteiger partial charge on any atom is 0.341 e. The van der Waals surface area contributed by atoms with Crippen molar-refractivity contribution in [1.82, 2.24) is 4.98 Å². The van der Waals surface area contributed by atoms with Crippen LogP contribution in [0.5, 0.6) is 5.75 Å². The Morgan fingerprint density at radius 1 is 1.28 bits per heavy atom. The Balaban J connectivity index is 2.20. The summed E-state index contributed by atoms with van der Waals surface area (Å²) in [6, 6.07) is 7.24. The van der Waals surface area contributed by atoms with Crippen molar-refractivity contribution in [2.24, 2.45) is 0 Å². The smallest absolute Gasteiger partial charge is 0.341 e. The molecular weight excluding hydrogens is 320 g/mol.